The first-order chi connectivity index (χ1) is 7.11. The molecule has 5 nitrogen and oxygen atoms in total. The SMILES string of the molecule is C=C(C)C(=O)Oc1ccccc1.N=[N+]=N. The van der Waals surface area contributed by atoms with E-state index >= 15 is 0 Å². The Morgan fingerprint density at radius 2 is 1.80 bits per heavy atom. The van der Waals surface area contributed by atoms with Crippen molar-refractivity contribution in [3.05, 3.63) is 42.5 Å². The molecule has 0 aliphatic rings. The molecule has 0 spiro atoms. The molecule has 78 valence electrons. The zero-order chi connectivity index (χ0) is 11.7. The van der Waals surface area contributed by atoms with Gasteiger partial charge in [0.15, 0.2) is 0 Å². The van der Waals surface area contributed by atoms with Gasteiger partial charge in [0.2, 0.25) is 4.91 Å². The lowest BCUT2D eigenvalue weighted by Gasteiger charge is -2.01. The number of hydrogen-bond acceptors (Lipinski definition) is 4. The highest BCUT2D eigenvalue weighted by molar-refractivity contribution is 5.88. The minimum absolute atomic E-state index is 0.388. The fourth-order valence-electron chi connectivity index (χ4n) is 0.683. The number of hydrogen-bond donors (Lipinski definition) is 2. The summed E-state index contributed by atoms with van der Waals surface area (Å²) in [5.41, 5.74) is 11.4. The third-order valence-electron chi connectivity index (χ3n) is 1.30. The third-order valence-corrected chi connectivity index (χ3v) is 1.30. The van der Waals surface area contributed by atoms with E-state index in [0.29, 0.717) is 11.3 Å². The van der Waals surface area contributed by atoms with Crippen molar-refractivity contribution in [1.82, 2.24) is 4.91 Å². The molecule has 2 N–H and O–H groups in total. The van der Waals surface area contributed by atoms with E-state index in [-0.39, 0.29) is 5.97 Å². The van der Waals surface area contributed by atoms with Gasteiger partial charge in [-0.25, -0.2) is 4.79 Å². The van der Waals surface area contributed by atoms with Gasteiger partial charge < -0.3 is 4.74 Å². The highest BCUT2D eigenvalue weighted by atomic mass is 16.5. The Bertz CT molecular complexity index is 368. The first kappa shape index (κ1) is 12.7. The lowest BCUT2D eigenvalue weighted by atomic mass is 10.3. The quantitative estimate of drug-likeness (QED) is 0.255. The van der Waals surface area contributed by atoms with E-state index in [0.717, 1.165) is 0 Å². The first-order valence-electron chi connectivity index (χ1n) is 4.07. The molecule has 1 aromatic rings. The van der Waals surface area contributed by atoms with E-state index < -0.39 is 0 Å². The number of ether oxygens (including phenoxy) is 1. The molecule has 0 saturated carbocycles. The van der Waals surface area contributed by atoms with Gasteiger partial charge in [-0.05, 0) is 19.1 Å². The molecule has 1 rings (SSSR count). The van der Waals surface area contributed by atoms with E-state index in [9.17, 15) is 4.79 Å². The average molecular weight is 206 g/mol. The average Bonchev–Trinajstić information content (AvgIpc) is 2.20. The molecule has 0 heterocycles. The number of nitrogens with one attached hydrogen (secondary N) is 2. The van der Waals surface area contributed by atoms with Crippen LogP contribution in [0.1, 0.15) is 6.92 Å². The molecule has 0 amide bonds. The molecule has 0 unspecified atom stereocenters. The van der Waals surface area contributed by atoms with Crippen LogP contribution in [0, 0.1) is 11.1 Å². The van der Waals surface area contributed by atoms with Crippen LogP contribution in [0.25, 0.3) is 0 Å². The molecule has 5 heteroatoms. The Kier molecular flexibility index (Phi) is 6.09. The molecule has 1 aromatic carbocycles. The van der Waals surface area contributed by atoms with Crippen LogP contribution in [0.5, 0.6) is 5.75 Å². The zero-order valence-corrected chi connectivity index (χ0v) is 8.36. The second kappa shape index (κ2) is 7.17. The molecule has 0 bridgehead atoms. The van der Waals surface area contributed by atoms with Gasteiger partial charge in [0, 0.05) is 5.57 Å². The number of carbonyl (C=O) groups is 1. The summed E-state index contributed by atoms with van der Waals surface area (Å²) in [5, 5.41) is 0. The monoisotopic (exact) mass is 206 g/mol. The normalized spacial score (nSPS) is 7.80. The molecule has 0 aliphatic carbocycles. The number of para-hydroxylation sites is 1. The summed E-state index contributed by atoms with van der Waals surface area (Å²) < 4.78 is 4.94. The van der Waals surface area contributed by atoms with Crippen molar-refractivity contribution in [1.29, 1.82) is 11.1 Å². The molecule has 0 atom stereocenters. The van der Waals surface area contributed by atoms with Crippen molar-refractivity contribution < 1.29 is 9.53 Å². The Labute approximate surface area is 87.4 Å². The van der Waals surface area contributed by atoms with Crippen molar-refractivity contribution in [2.75, 3.05) is 0 Å². The molecule has 0 radical (unpaired) electrons. The maximum atomic E-state index is 11.0. The molecular weight excluding hydrogens is 194 g/mol. The molecule has 15 heavy (non-hydrogen) atoms. The van der Waals surface area contributed by atoms with Crippen LogP contribution in [0.4, 0.5) is 0 Å². The van der Waals surface area contributed by atoms with Gasteiger partial charge in [0.25, 0.3) is 0 Å². The number of rotatable bonds is 2. The van der Waals surface area contributed by atoms with Crippen molar-refractivity contribution >= 4 is 5.97 Å². The minimum atomic E-state index is -0.388. The lowest BCUT2D eigenvalue weighted by molar-refractivity contribution is -0.130. The number of benzene rings is 1. The van der Waals surface area contributed by atoms with Crippen molar-refractivity contribution in [3.63, 3.8) is 0 Å². The summed E-state index contributed by atoms with van der Waals surface area (Å²) in [6.07, 6.45) is 0. The largest absolute Gasteiger partial charge is 0.423 e. The first-order valence-corrected chi connectivity index (χ1v) is 4.07. The Balaban J connectivity index is 0.000000583. The van der Waals surface area contributed by atoms with Gasteiger partial charge in [-0.3, -0.25) is 0 Å². The second-order valence-electron chi connectivity index (χ2n) is 2.59. The van der Waals surface area contributed by atoms with E-state index in [2.05, 4.69) is 6.58 Å². The summed E-state index contributed by atoms with van der Waals surface area (Å²) in [5.74, 6) is 0.159. The van der Waals surface area contributed by atoms with E-state index in [1.165, 1.54) is 0 Å². The highest BCUT2D eigenvalue weighted by Crippen LogP contribution is 2.09. The van der Waals surface area contributed by atoms with Gasteiger partial charge >= 0.3 is 5.97 Å². The smallest absolute Gasteiger partial charge is 0.338 e. The summed E-state index contributed by atoms with van der Waals surface area (Å²) in [6, 6.07) is 8.92. The van der Waals surface area contributed by atoms with Crippen LogP contribution in [-0.4, -0.2) is 5.97 Å². The standard InChI is InChI=1S/C10H10O2.H2N3/c1-8(2)10(11)12-9-6-4-3-5-7-9;1-3-2/h3-7H,1H2,2H3;1-2H/q;+1. The lowest BCUT2D eigenvalue weighted by Crippen LogP contribution is -2.07. The molecule has 0 fully saturated rings. The van der Waals surface area contributed by atoms with Gasteiger partial charge in [0.1, 0.15) is 16.8 Å². The Hall–Kier alpha value is -2.26. The maximum Gasteiger partial charge on any atom is 0.338 e. The van der Waals surface area contributed by atoms with Crippen molar-refractivity contribution in [3.8, 4) is 5.75 Å². The fraction of sp³-hybridized carbons (Fsp3) is 0.100. The summed E-state index contributed by atoms with van der Waals surface area (Å²) >= 11 is 0. The van der Waals surface area contributed by atoms with Gasteiger partial charge in [-0.15, -0.1) is 0 Å². The predicted molar refractivity (Wildman–Crippen MR) is 54.5 cm³/mol. The van der Waals surface area contributed by atoms with Gasteiger partial charge in [-0.1, -0.05) is 24.8 Å². The number of esters is 1. The van der Waals surface area contributed by atoms with Crippen LogP contribution in [-0.2, 0) is 4.79 Å². The van der Waals surface area contributed by atoms with E-state index in [1.807, 2.05) is 11.0 Å². The molecule has 0 aromatic heterocycles. The van der Waals surface area contributed by atoms with E-state index in [4.69, 9.17) is 15.8 Å². The maximum absolute atomic E-state index is 11.0. The van der Waals surface area contributed by atoms with Crippen LogP contribution >= 0.6 is 0 Å². The van der Waals surface area contributed by atoms with Crippen molar-refractivity contribution in [2.24, 2.45) is 0 Å². The molecule has 0 saturated heterocycles. The van der Waals surface area contributed by atoms with Gasteiger partial charge in [-0.2, -0.15) is 0 Å². The molecular formula is C10H12N3O2+. The van der Waals surface area contributed by atoms with Gasteiger partial charge in [0.05, 0.1) is 0 Å². The number of carbonyl (C=O) groups excluding carboxylic acids is 1. The second-order valence-corrected chi connectivity index (χ2v) is 2.59. The highest BCUT2D eigenvalue weighted by Gasteiger charge is 2.03. The summed E-state index contributed by atoms with van der Waals surface area (Å²) in [4.78, 5) is 13.0. The zero-order valence-electron chi connectivity index (χ0n) is 8.36. The van der Waals surface area contributed by atoms with Crippen LogP contribution in [0.3, 0.4) is 0 Å². The van der Waals surface area contributed by atoms with Crippen LogP contribution in [0.2, 0.25) is 0 Å². The topological polar surface area (TPSA) is 88.1 Å². The van der Waals surface area contributed by atoms with Crippen molar-refractivity contribution in [2.45, 2.75) is 6.92 Å². The predicted octanol–water partition coefficient (Wildman–Crippen LogP) is 2.28. The summed E-state index contributed by atoms with van der Waals surface area (Å²) in [6.45, 7) is 5.09. The molecule has 0 aliphatic heterocycles. The van der Waals surface area contributed by atoms with Crippen LogP contribution in [0.15, 0.2) is 42.5 Å². The summed E-state index contributed by atoms with van der Waals surface area (Å²) in [7, 11) is 0. The Morgan fingerprint density at radius 1 is 1.33 bits per heavy atom. The third kappa shape index (κ3) is 5.90. The minimum Gasteiger partial charge on any atom is -0.423 e. The fourth-order valence-corrected chi connectivity index (χ4v) is 0.683. The Morgan fingerprint density at radius 3 is 2.20 bits per heavy atom. The number of nitrogens with zero attached hydrogens (tertiary/aromatic N) is 1. The van der Waals surface area contributed by atoms with Crippen LogP contribution < -0.4 is 9.65 Å². The van der Waals surface area contributed by atoms with E-state index in [1.54, 1.807) is 31.2 Å².